The van der Waals surface area contributed by atoms with Crippen molar-refractivity contribution in [2.75, 3.05) is 13.1 Å². The van der Waals surface area contributed by atoms with Gasteiger partial charge in [-0.2, -0.15) is 0 Å². The molecule has 0 aromatic rings. The summed E-state index contributed by atoms with van der Waals surface area (Å²) >= 11 is 0. The number of carboxylic acids is 1. The molecule has 0 aliphatic carbocycles. The maximum atomic E-state index is 11.7. The molecule has 2 atom stereocenters. The van der Waals surface area contributed by atoms with Gasteiger partial charge in [0.1, 0.15) is 6.04 Å². The first-order valence-corrected chi connectivity index (χ1v) is 5.82. The summed E-state index contributed by atoms with van der Waals surface area (Å²) in [6, 6.07) is -0.663. The van der Waals surface area contributed by atoms with Crippen molar-refractivity contribution >= 4 is 11.9 Å². The Morgan fingerprint density at radius 3 is 2.81 bits per heavy atom. The van der Waals surface area contributed by atoms with E-state index in [-0.39, 0.29) is 11.8 Å². The fourth-order valence-corrected chi connectivity index (χ4v) is 2.08. The summed E-state index contributed by atoms with van der Waals surface area (Å²) in [5.41, 5.74) is 5.51. The zero-order valence-electron chi connectivity index (χ0n) is 9.69. The Morgan fingerprint density at radius 1 is 1.69 bits per heavy atom. The number of unbranched alkanes of at least 4 members (excludes halogenated alkanes) is 1. The highest BCUT2D eigenvalue weighted by Gasteiger charge is 2.36. The minimum Gasteiger partial charge on any atom is -0.480 e. The van der Waals surface area contributed by atoms with E-state index in [4.69, 9.17) is 10.8 Å². The van der Waals surface area contributed by atoms with E-state index in [1.165, 1.54) is 4.90 Å². The number of nitrogens with zero attached hydrogens (tertiary/aromatic N) is 1. The Labute approximate surface area is 95.6 Å². The zero-order chi connectivity index (χ0) is 12.1. The predicted octanol–water partition coefficient (Wildman–Crippen LogP) is 0.437. The van der Waals surface area contributed by atoms with Gasteiger partial charge in [-0.1, -0.05) is 19.8 Å². The molecule has 5 nitrogen and oxygen atoms in total. The van der Waals surface area contributed by atoms with Crippen LogP contribution in [0.25, 0.3) is 0 Å². The SMILES string of the molecule is CCCCC(C(=O)O)N1CC(CN)CC1=O. The minimum atomic E-state index is -0.903. The first-order valence-electron chi connectivity index (χ1n) is 5.82. The van der Waals surface area contributed by atoms with Gasteiger partial charge in [-0.25, -0.2) is 4.79 Å². The Bertz CT molecular complexity index is 268. The van der Waals surface area contributed by atoms with Crippen LogP contribution in [0.15, 0.2) is 0 Å². The van der Waals surface area contributed by atoms with Gasteiger partial charge < -0.3 is 15.7 Å². The number of nitrogens with two attached hydrogens (primary N) is 1. The van der Waals surface area contributed by atoms with Gasteiger partial charge in [-0.15, -0.1) is 0 Å². The van der Waals surface area contributed by atoms with Crippen LogP contribution >= 0.6 is 0 Å². The van der Waals surface area contributed by atoms with Crippen LogP contribution in [0.3, 0.4) is 0 Å². The lowest BCUT2D eigenvalue weighted by Gasteiger charge is -2.24. The molecule has 0 aromatic heterocycles. The Kier molecular flexibility index (Phi) is 4.73. The highest BCUT2D eigenvalue weighted by Crippen LogP contribution is 2.21. The second kappa shape index (κ2) is 5.84. The van der Waals surface area contributed by atoms with Crippen LogP contribution in [0.2, 0.25) is 0 Å². The molecule has 1 aliphatic rings. The van der Waals surface area contributed by atoms with Gasteiger partial charge in [0.25, 0.3) is 0 Å². The summed E-state index contributed by atoms with van der Waals surface area (Å²) in [7, 11) is 0. The fourth-order valence-electron chi connectivity index (χ4n) is 2.08. The third kappa shape index (κ3) is 2.95. The molecule has 1 saturated heterocycles. The van der Waals surface area contributed by atoms with E-state index in [2.05, 4.69) is 0 Å². The molecule has 16 heavy (non-hydrogen) atoms. The van der Waals surface area contributed by atoms with E-state index in [0.717, 1.165) is 12.8 Å². The number of carbonyl (C=O) groups is 2. The molecule has 0 saturated carbocycles. The van der Waals surface area contributed by atoms with E-state index in [0.29, 0.717) is 25.9 Å². The van der Waals surface area contributed by atoms with Crippen LogP contribution < -0.4 is 5.73 Å². The second-order valence-electron chi connectivity index (χ2n) is 4.35. The predicted molar refractivity (Wildman–Crippen MR) is 59.8 cm³/mol. The third-order valence-electron chi connectivity index (χ3n) is 3.06. The maximum absolute atomic E-state index is 11.7. The average molecular weight is 228 g/mol. The van der Waals surface area contributed by atoms with Crippen molar-refractivity contribution in [1.82, 2.24) is 4.90 Å². The summed E-state index contributed by atoms with van der Waals surface area (Å²) in [5.74, 6) is -0.852. The number of aliphatic carboxylic acids is 1. The minimum absolute atomic E-state index is 0.0704. The second-order valence-corrected chi connectivity index (χ2v) is 4.35. The molecule has 3 N–H and O–H groups in total. The van der Waals surface area contributed by atoms with E-state index in [1.807, 2.05) is 6.92 Å². The smallest absolute Gasteiger partial charge is 0.326 e. The lowest BCUT2D eigenvalue weighted by Crippen LogP contribution is -2.42. The van der Waals surface area contributed by atoms with Crippen molar-refractivity contribution in [2.24, 2.45) is 11.7 Å². The molecule has 1 aliphatic heterocycles. The molecule has 92 valence electrons. The molecule has 1 rings (SSSR count). The van der Waals surface area contributed by atoms with Gasteiger partial charge in [-0.05, 0) is 18.9 Å². The van der Waals surface area contributed by atoms with Crippen molar-refractivity contribution in [3.8, 4) is 0 Å². The van der Waals surface area contributed by atoms with Crippen molar-refractivity contribution in [1.29, 1.82) is 0 Å². The van der Waals surface area contributed by atoms with Gasteiger partial charge in [-0.3, -0.25) is 4.79 Å². The Balaban J connectivity index is 2.64. The molecular weight excluding hydrogens is 208 g/mol. The highest BCUT2D eigenvalue weighted by molar-refractivity contribution is 5.85. The number of amides is 1. The van der Waals surface area contributed by atoms with Gasteiger partial charge in [0, 0.05) is 13.0 Å². The first kappa shape index (κ1) is 13.0. The van der Waals surface area contributed by atoms with Crippen LogP contribution in [0.1, 0.15) is 32.6 Å². The van der Waals surface area contributed by atoms with Gasteiger partial charge in [0.15, 0.2) is 0 Å². The van der Waals surface area contributed by atoms with Gasteiger partial charge in [0.2, 0.25) is 5.91 Å². The summed E-state index contributed by atoms with van der Waals surface area (Å²) in [4.78, 5) is 24.2. The van der Waals surface area contributed by atoms with Crippen molar-refractivity contribution < 1.29 is 14.7 Å². The monoisotopic (exact) mass is 228 g/mol. The van der Waals surface area contributed by atoms with Crippen LogP contribution in [-0.4, -0.2) is 41.0 Å². The molecule has 2 unspecified atom stereocenters. The molecule has 0 radical (unpaired) electrons. The summed E-state index contributed by atoms with van der Waals surface area (Å²) in [6.07, 6.45) is 2.70. The number of rotatable bonds is 6. The highest BCUT2D eigenvalue weighted by atomic mass is 16.4. The number of hydrogen-bond acceptors (Lipinski definition) is 3. The number of carbonyl (C=O) groups excluding carboxylic acids is 1. The standard InChI is InChI=1S/C11H20N2O3/c1-2-3-4-9(11(15)16)13-7-8(6-12)5-10(13)14/h8-9H,2-7,12H2,1H3,(H,15,16). The number of carboxylic acid groups (broad SMARTS) is 1. The summed E-state index contributed by atoms with van der Waals surface area (Å²) in [5, 5.41) is 9.11. The number of likely N-dealkylation sites (tertiary alicyclic amines) is 1. The Morgan fingerprint density at radius 2 is 2.38 bits per heavy atom. The fraction of sp³-hybridized carbons (Fsp3) is 0.818. The molecule has 1 amide bonds. The van der Waals surface area contributed by atoms with E-state index < -0.39 is 12.0 Å². The largest absolute Gasteiger partial charge is 0.480 e. The molecular formula is C11H20N2O3. The Hall–Kier alpha value is -1.10. The molecule has 0 aromatic carbocycles. The topological polar surface area (TPSA) is 83.6 Å². The van der Waals surface area contributed by atoms with Gasteiger partial charge >= 0.3 is 5.97 Å². The first-order chi connectivity index (χ1) is 7.60. The molecule has 1 fully saturated rings. The van der Waals surface area contributed by atoms with E-state index >= 15 is 0 Å². The van der Waals surface area contributed by atoms with Crippen LogP contribution in [-0.2, 0) is 9.59 Å². The van der Waals surface area contributed by atoms with E-state index in [9.17, 15) is 9.59 Å². The molecule has 0 spiro atoms. The van der Waals surface area contributed by atoms with Crippen molar-refractivity contribution in [2.45, 2.75) is 38.6 Å². The lowest BCUT2D eigenvalue weighted by atomic mass is 10.1. The van der Waals surface area contributed by atoms with E-state index in [1.54, 1.807) is 0 Å². The molecule has 5 heteroatoms. The summed E-state index contributed by atoms with van der Waals surface area (Å²) in [6.45, 7) is 2.95. The number of hydrogen-bond donors (Lipinski definition) is 2. The van der Waals surface area contributed by atoms with Crippen LogP contribution in [0.4, 0.5) is 0 Å². The van der Waals surface area contributed by atoms with Gasteiger partial charge in [0.05, 0.1) is 0 Å². The van der Waals surface area contributed by atoms with Crippen molar-refractivity contribution in [3.63, 3.8) is 0 Å². The summed E-state index contributed by atoms with van der Waals surface area (Å²) < 4.78 is 0. The van der Waals surface area contributed by atoms with Crippen LogP contribution in [0, 0.1) is 5.92 Å². The third-order valence-corrected chi connectivity index (χ3v) is 3.06. The lowest BCUT2D eigenvalue weighted by molar-refractivity contribution is -0.148. The molecule has 0 bridgehead atoms. The zero-order valence-corrected chi connectivity index (χ0v) is 9.69. The van der Waals surface area contributed by atoms with Crippen molar-refractivity contribution in [3.05, 3.63) is 0 Å². The van der Waals surface area contributed by atoms with Crippen LogP contribution in [0.5, 0.6) is 0 Å². The normalized spacial score (nSPS) is 22.5. The molecule has 1 heterocycles. The maximum Gasteiger partial charge on any atom is 0.326 e. The quantitative estimate of drug-likeness (QED) is 0.691. The average Bonchev–Trinajstić information content (AvgIpc) is 2.60.